The van der Waals surface area contributed by atoms with Gasteiger partial charge in [-0.05, 0) is 59.2 Å². The third-order valence-electron chi connectivity index (χ3n) is 4.08. The van der Waals surface area contributed by atoms with Gasteiger partial charge in [-0.25, -0.2) is 0 Å². The van der Waals surface area contributed by atoms with Gasteiger partial charge in [-0.1, -0.05) is 51.8 Å². The zero-order chi connectivity index (χ0) is 12.1. The molecule has 18 heavy (non-hydrogen) atoms. The number of benzene rings is 2. The number of halogens is 1. The van der Waals surface area contributed by atoms with Crippen LogP contribution in [0.25, 0.3) is 5.57 Å². The van der Waals surface area contributed by atoms with Crippen molar-refractivity contribution in [3.05, 3.63) is 74.8 Å². The minimum atomic E-state index is 1.15. The van der Waals surface area contributed by atoms with E-state index >= 15 is 0 Å². The van der Waals surface area contributed by atoms with Gasteiger partial charge in [0.1, 0.15) is 0 Å². The predicted octanol–water partition coefficient (Wildman–Crippen LogP) is 4.75. The first-order valence-electron chi connectivity index (χ1n) is 6.42. The van der Waals surface area contributed by atoms with Crippen LogP contribution in [0.2, 0.25) is 0 Å². The van der Waals surface area contributed by atoms with Crippen LogP contribution >= 0.6 is 15.9 Å². The van der Waals surface area contributed by atoms with Crippen LogP contribution in [0, 0.1) is 0 Å². The van der Waals surface area contributed by atoms with E-state index in [1.165, 1.54) is 45.1 Å². The van der Waals surface area contributed by atoms with Gasteiger partial charge in [0.2, 0.25) is 0 Å². The van der Waals surface area contributed by atoms with Crippen molar-refractivity contribution in [2.24, 2.45) is 0 Å². The van der Waals surface area contributed by atoms with Crippen molar-refractivity contribution in [1.29, 1.82) is 0 Å². The molecule has 4 rings (SSSR count). The maximum absolute atomic E-state index is 3.58. The van der Waals surface area contributed by atoms with E-state index in [2.05, 4.69) is 58.4 Å². The molecule has 0 saturated carbocycles. The van der Waals surface area contributed by atoms with Gasteiger partial charge in [-0.15, -0.1) is 0 Å². The van der Waals surface area contributed by atoms with E-state index < -0.39 is 0 Å². The van der Waals surface area contributed by atoms with E-state index in [1.54, 1.807) is 5.57 Å². The van der Waals surface area contributed by atoms with Gasteiger partial charge in [0, 0.05) is 4.47 Å². The highest BCUT2D eigenvalue weighted by Crippen LogP contribution is 2.43. The van der Waals surface area contributed by atoms with Gasteiger partial charge in [0.05, 0.1) is 0 Å². The quantitative estimate of drug-likeness (QED) is 0.658. The smallest absolute Gasteiger partial charge is 0.0178 e. The first-order chi connectivity index (χ1) is 8.83. The van der Waals surface area contributed by atoms with Gasteiger partial charge in [-0.3, -0.25) is 0 Å². The molecule has 0 atom stereocenters. The Morgan fingerprint density at radius 1 is 0.833 bits per heavy atom. The zero-order valence-electron chi connectivity index (χ0n) is 10.0. The summed E-state index contributed by atoms with van der Waals surface area (Å²) in [6.45, 7) is 0. The molecule has 2 aromatic carbocycles. The van der Waals surface area contributed by atoms with Crippen molar-refractivity contribution < 1.29 is 0 Å². The lowest BCUT2D eigenvalue weighted by molar-refractivity contribution is 0.895. The highest BCUT2D eigenvalue weighted by Gasteiger charge is 2.26. The summed E-state index contributed by atoms with van der Waals surface area (Å²) in [4.78, 5) is 0. The molecule has 0 heterocycles. The molecule has 1 heteroatoms. The zero-order valence-corrected chi connectivity index (χ0v) is 11.6. The third-order valence-corrected chi connectivity index (χ3v) is 4.57. The van der Waals surface area contributed by atoms with Crippen molar-refractivity contribution >= 4 is 21.5 Å². The monoisotopic (exact) mass is 296 g/mol. The minimum absolute atomic E-state index is 1.15. The summed E-state index contributed by atoms with van der Waals surface area (Å²) >= 11 is 3.58. The summed E-state index contributed by atoms with van der Waals surface area (Å²) in [6, 6.07) is 15.6. The van der Waals surface area contributed by atoms with Gasteiger partial charge >= 0.3 is 0 Å². The molecule has 0 amide bonds. The molecule has 0 N–H and O–H groups in total. The van der Waals surface area contributed by atoms with E-state index in [9.17, 15) is 0 Å². The van der Waals surface area contributed by atoms with Crippen LogP contribution in [0.15, 0.2) is 52.5 Å². The Bertz CT molecular complexity index is 680. The van der Waals surface area contributed by atoms with Crippen LogP contribution in [0.4, 0.5) is 0 Å². The second-order valence-electron chi connectivity index (χ2n) is 5.11. The fraction of sp³-hybridized carbons (Fsp3) is 0.176. The summed E-state index contributed by atoms with van der Waals surface area (Å²) in [5.41, 5.74) is 9.03. The first kappa shape index (κ1) is 10.6. The third kappa shape index (κ3) is 1.44. The van der Waals surface area contributed by atoms with Crippen LogP contribution < -0.4 is 0 Å². The molecule has 0 radical (unpaired) electrons. The molecule has 0 spiro atoms. The van der Waals surface area contributed by atoms with Crippen molar-refractivity contribution in [3.8, 4) is 0 Å². The van der Waals surface area contributed by atoms with Gasteiger partial charge < -0.3 is 0 Å². The molecule has 2 aliphatic rings. The van der Waals surface area contributed by atoms with Crippen LogP contribution in [-0.2, 0) is 12.8 Å². The number of hydrogen-bond acceptors (Lipinski definition) is 0. The summed E-state index contributed by atoms with van der Waals surface area (Å²) in [6.07, 6.45) is 3.55. The standard InChI is InChI=1S/C17H13Br/c18-14-7-8-16-12(10-14)5-6-13-9-11-3-1-2-4-15(11)17(13)16/h1-4,7-8,10H,5-6,9H2. The highest BCUT2D eigenvalue weighted by molar-refractivity contribution is 9.10. The number of rotatable bonds is 0. The lowest BCUT2D eigenvalue weighted by Gasteiger charge is -2.19. The Kier molecular flexibility index (Phi) is 2.25. The van der Waals surface area contributed by atoms with E-state index in [1.807, 2.05) is 0 Å². The van der Waals surface area contributed by atoms with Crippen LogP contribution in [0.3, 0.4) is 0 Å². The van der Waals surface area contributed by atoms with Crippen LogP contribution in [-0.4, -0.2) is 0 Å². The normalized spacial score (nSPS) is 16.3. The summed E-state index contributed by atoms with van der Waals surface area (Å²) in [5.74, 6) is 0. The Hall–Kier alpha value is -1.34. The summed E-state index contributed by atoms with van der Waals surface area (Å²) < 4.78 is 1.19. The molecule has 0 saturated heterocycles. The van der Waals surface area contributed by atoms with Crippen molar-refractivity contribution in [2.75, 3.05) is 0 Å². The summed E-state index contributed by atoms with van der Waals surface area (Å²) in [7, 11) is 0. The van der Waals surface area contributed by atoms with Crippen molar-refractivity contribution in [2.45, 2.75) is 19.3 Å². The predicted molar refractivity (Wildman–Crippen MR) is 78.6 cm³/mol. The average molecular weight is 297 g/mol. The molecule has 88 valence electrons. The summed E-state index contributed by atoms with van der Waals surface area (Å²) in [5, 5.41) is 0. The Labute approximate surface area is 115 Å². The molecule has 2 aliphatic carbocycles. The number of allylic oxidation sites excluding steroid dienone is 1. The Morgan fingerprint density at radius 2 is 1.67 bits per heavy atom. The van der Waals surface area contributed by atoms with Crippen molar-refractivity contribution in [3.63, 3.8) is 0 Å². The van der Waals surface area contributed by atoms with Crippen LogP contribution in [0.1, 0.15) is 28.7 Å². The molecule has 0 bridgehead atoms. The van der Waals surface area contributed by atoms with Gasteiger partial charge in [-0.2, -0.15) is 0 Å². The van der Waals surface area contributed by atoms with Gasteiger partial charge in [0.25, 0.3) is 0 Å². The van der Waals surface area contributed by atoms with Gasteiger partial charge in [0.15, 0.2) is 0 Å². The number of fused-ring (bicyclic) bond motifs is 4. The molecule has 0 unspecified atom stereocenters. The second-order valence-corrected chi connectivity index (χ2v) is 6.03. The Morgan fingerprint density at radius 3 is 2.61 bits per heavy atom. The van der Waals surface area contributed by atoms with E-state index in [0.29, 0.717) is 0 Å². The lowest BCUT2D eigenvalue weighted by atomic mass is 9.85. The SMILES string of the molecule is Brc1ccc2c(c1)CCC1=C2c2ccccc2C1. The van der Waals surface area contributed by atoms with E-state index in [0.717, 1.165) is 6.42 Å². The number of hydrogen-bond donors (Lipinski definition) is 0. The topological polar surface area (TPSA) is 0 Å². The van der Waals surface area contributed by atoms with E-state index in [-0.39, 0.29) is 0 Å². The minimum Gasteiger partial charge on any atom is -0.0619 e. The highest BCUT2D eigenvalue weighted by atomic mass is 79.9. The Balaban J connectivity index is 1.97. The second kappa shape index (κ2) is 3.83. The molecular formula is C17H13Br. The fourth-order valence-corrected chi connectivity index (χ4v) is 3.68. The first-order valence-corrected chi connectivity index (χ1v) is 7.21. The fourth-order valence-electron chi connectivity index (χ4n) is 3.27. The molecule has 2 aromatic rings. The maximum Gasteiger partial charge on any atom is 0.0178 e. The molecule has 0 aliphatic heterocycles. The molecule has 0 aromatic heterocycles. The van der Waals surface area contributed by atoms with Crippen molar-refractivity contribution in [1.82, 2.24) is 0 Å². The number of aryl methyl sites for hydroxylation is 1. The largest absolute Gasteiger partial charge is 0.0619 e. The molecule has 0 nitrogen and oxygen atoms in total. The molecular weight excluding hydrogens is 284 g/mol. The molecule has 0 fully saturated rings. The lowest BCUT2D eigenvalue weighted by Crippen LogP contribution is -2.03. The van der Waals surface area contributed by atoms with E-state index in [4.69, 9.17) is 0 Å². The van der Waals surface area contributed by atoms with Crippen LogP contribution in [0.5, 0.6) is 0 Å². The average Bonchev–Trinajstić information content (AvgIpc) is 2.77. The maximum atomic E-state index is 3.58.